The van der Waals surface area contributed by atoms with E-state index in [-0.39, 0.29) is 18.2 Å². The van der Waals surface area contributed by atoms with Crippen LogP contribution in [0, 0.1) is 6.92 Å². The molecule has 1 N–H and O–H groups in total. The Kier molecular flexibility index (Phi) is 4.64. The molecule has 24 heavy (non-hydrogen) atoms. The Bertz CT molecular complexity index is 713. The number of para-hydroxylation sites is 2. The highest BCUT2D eigenvalue weighted by Gasteiger charge is 2.24. The number of hydrogen-bond donors (Lipinski definition) is 1. The van der Waals surface area contributed by atoms with Crippen molar-refractivity contribution < 1.29 is 18.7 Å². The Morgan fingerprint density at radius 1 is 1.29 bits per heavy atom. The molecule has 2 aromatic rings. The van der Waals surface area contributed by atoms with Gasteiger partial charge in [0, 0.05) is 7.05 Å². The summed E-state index contributed by atoms with van der Waals surface area (Å²) in [5, 5.41) is 2.91. The lowest BCUT2D eigenvalue weighted by Crippen LogP contribution is -2.46. The zero-order valence-electron chi connectivity index (χ0n) is 14.1. The SMILES string of the molecule is Cc1ccc(C(C)NC(=O)N(C)CC2COc3ccccc3O2)o1. The quantitative estimate of drug-likeness (QED) is 0.935. The number of amides is 2. The van der Waals surface area contributed by atoms with Crippen LogP contribution in [-0.2, 0) is 0 Å². The van der Waals surface area contributed by atoms with Crippen LogP contribution in [0.1, 0.15) is 24.5 Å². The van der Waals surface area contributed by atoms with Crippen molar-refractivity contribution in [2.24, 2.45) is 0 Å². The molecule has 2 amide bonds. The highest BCUT2D eigenvalue weighted by Crippen LogP contribution is 2.30. The zero-order chi connectivity index (χ0) is 17.1. The molecule has 0 radical (unpaired) electrons. The maximum absolute atomic E-state index is 12.3. The summed E-state index contributed by atoms with van der Waals surface area (Å²) in [7, 11) is 1.74. The molecule has 1 aromatic heterocycles. The Morgan fingerprint density at radius 3 is 2.75 bits per heavy atom. The maximum Gasteiger partial charge on any atom is 0.317 e. The fraction of sp³-hybridized carbons (Fsp3) is 0.389. The van der Waals surface area contributed by atoms with E-state index in [4.69, 9.17) is 13.9 Å². The summed E-state index contributed by atoms with van der Waals surface area (Å²) < 4.78 is 17.1. The summed E-state index contributed by atoms with van der Waals surface area (Å²) in [5.74, 6) is 3.01. The number of likely N-dealkylation sites (N-methyl/N-ethyl adjacent to an activating group) is 1. The minimum Gasteiger partial charge on any atom is -0.486 e. The first-order valence-corrected chi connectivity index (χ1v) is 7.99. The summed E-state index contributed by atoms with van der Waals surface area (Å²) in [5.41, 5.74) is 0. The van der Waals surface area contributed by atoms with Gasteiger partial charge in [0.2, 0.25) is 0 Å². The van der Waals surface area contributed by atoms with Gasteiger partial charge in [-0.2, -0.15) is 0 Å². The van der Waals surface area contributed by atoms with Crippen LogP contribution < -0.4 is 14.8 Å². The standard InChI is InChI=1S/C18H22N2O4/c1-12-8-9-15(23-12)13(2)19-18(21)20(3)10-14-11-22-16-6-4-5-7-17(16)24-14/h4-9,13-14H,10-11H2,1-3H3,(H,19,21). The van der Waals surface area contributed by atoms with Crippen LogP contribution >= 0.6 is 0 Å². The molecule has 6 heteroatoms. The molecule has 0 bridgehead atoms. The van der Waals surface area contributed by atoms with E-state index >= 15 is 0 Å². The van der Waals surface area contributed by atoms with Crippen molar-refractivity contribution in [2.75, 3.05) is 20.2 Å². The fourth-order valence-corrected chi connectivity index (χ4v) is 2.59. The summed E-state index contributed by atoms with van der Waals surface area (Å²) >= 11 is 0. The van der Waals surface area contributed by atoms with Crippen molar-refractivity contribution in [3.05, 3.63) is 47.9 Å². The van der Waals surface area contributed by atoms with E-state index in [2.05, 4.69) is 5.32 Å². The summed E-state index contributed by atoms with van der Waals surface area (Å²) in [4.78, 5) is 13.9. The number of benzene rings is 1. The molecule has 128 valence electrons. The molecule has 2 atom stereocenters. The van der Waals surface area contributed by atoms with Gasteiger partial charge in [-0.15, -0.1) is 0 Å². The molecular weight excluding hydrogens is 308 g/mol. The van der Waals surface area contributed by atoms with Gasteiger partial charge in [0.25, 0.3) is 0 Å². The molecule has 1 aliphatic heterocycles. The summed E-state index contributed by atoms with van der Waals surface area (Å²) in [6.07, 6.45) is -0.197. The molecule has 6 nitrogen and oxygen atoms in total. The number of nitrogens with one attached hydrogen (secondary N) is 1. The third kappa shape index (κ3) is 3.64. The molecule has 0 saturated carbocycles. The van der Waals surface area contributed by atoms with E-state index in [1.165, 1.54) is 0 Å². The molecule has 0 aliphatic carbocycles. The minimum absolute atomic E-state index is 0.181. The maximum atomic E-state index is 12.3. The fourth-order valence-electron chi connectivity index (χ4n) is 2.59. The average Bonchev–Trinajstić information content (AvgIpc) is 3.01. The topological polar surface area (TPSA) is 63.9 Å². The van der Waals surface area contributed by atoms with Gasteiger partial charge in [-0.05, 0) is 38.1 Å². The molecule has 0 saturated heterocycles. The normalized spacial score (nSPS) is 17.2. The summed E-state index contributed by atoms with van der Waals surface area (Å²) in [6.45, 7) is 4.62. The molecule has 0 fully saturated rings. The zero-order valence-corrected chi connectivity index (χ0v) is 14.1. The second-order valence-corrected chi connectivity index (χ2v) is 6.00. The van der Waals surface area contributed by atoms with Crippen molar-refractivity contribution in [1.82, 2.24) is 10.2 Å². The third-order valence-electron chi connectivity index (χ3n) is 3.92. The van der Waals surface area contributed by atoms with Crippen LogP contribution in [0.15, 0.2) is 40.8 Å². The van der Waals surface area contributed by atoms with E-state index in [0.29, 0.717) is 18.9 Å². The van der Waals surface area contributed by atoms with Crippen molar-refractivity contribution in [3.8, 4) is 11.5 Å². The van der Waals surface area contributed by atoms with Crippen LogP contribution in [0.5, 0.6) is 11.5 Å². The van der Waals surface area contributed by atoms with Crippen molar-refractivity contribution in [3.63, 3.8) is 0 Å². The number of nitrogens with zero attached hydrogens (tertiary/aromatic N) is 1. The highest BCUT2D eigenvalue weighted by molar-refractivity contribution is 5.74. The minimum atomic E-state index is -0.197. The van der Waals surface area contributed by atoms with Gasteiger partial charge in [0.15, 0.2) is 17.6 Å². The molecular formula is C18H22N2O4. The first-order chi connectivity index (χ1) is 11.5. The Hall–Kier alpha value is -2.63. The second kappa shape index (κ2) is 6.86. The lowest BCUT2D eigenvalue weighted by Gasteiger charge is -2.30. The van der Waals surface area contributed by atoms with Crippen LogP contribution in [-0.4, -0.2) is 37.2 Å². The third-order valence-corrected chi connectivity index (χ3v) is 3.92. The molecule has 1 aromatic carbocycles. The van der Waals surface area contributed by atoms with E-state index in [9.17, 15) is 4.79 Å². The Morgan fingerprint density at radius 2 is 2.04 bits per heavy atom. The first-order valence-electron chi connectivity index (χ1n) is 7.99. The summed E-state index contributed by atoms with van der Waals surface area (Å²) in [6, 6.07) is 10.9. The number of fused-ring (bicyclic) bond motifs is 1. The molecule has 2 unspecified atom stereocenters. The molecule has 0 spiro atoms. The van der Waals surface area contributed by atoms with Gasteiger partial charge < -0.3 is 24.1 Å². The van der Waals surface area contributed by atoms with Crippen molar-refractivity contribution >= 4 is 6.03 Å². The Balaban J connectivity index is 1.53. The highest BCUT2D eigenvalue weighted by atomic mass is 16.6. The number of ether oxygens (including phenoxy) is 2. The van der Waals surface area contributed by atoms with E-state index < -0.39 is 0 Å². The van der Waals surface area contributed by atoms with Crippen LogP contribution in [0.4, 0.5) is 4.79 Å². The van der Waals surface area contributed by atoms with E-state index in [1.807, 2.05) is 50.2 Å². The number of aryl methyl sites for hydroxylation is 1. The van der Waals surface area contributed by atoms with Gasteiger partial charge in [-0.1, -0.05) is 12.1 Å². The van der Waals surface area contributed by atoms with Gasteiger partial charge in [-0.3, -0.25) is 0 Å². The second-order valence-electron chi connectivity index (χ2n) is 6.00. The number of furan rings is 1. The van der Waals surface area contributed by atoms with E-state index in [1.54, 1.807) is 11.9 Å². The molecule has 1 aliphatic rings. The van der Waals surface area contributed by atoms with Gasteiger partial charge in [0.05, 0.1) is 12.6 Å². The van der Waals surface area contributed by atoms with Crippen molar-refractivity contribution in [2.45, 2.75) is 26.0 Å². The Labute approximate surface area is 141 Å². The van der Waals surface area contributed by atoms with E-state index in [0.717, 1.165) is 17.3 Å². The number of hydrogen-bond acceptors (Lipinski definition) is 4. The smallest absolute Gasteiger partial charge is 0.317 e. The van der Waals surface area contributed by atoms with Crippen molar-refractivity contribution in [1.29, 1.82) is 0 Å². The number of rotatable bonds is 4. The van der Waals surface area contributed by atoms with Crippen LogP contribution in [0.25, 0.3) is 0 Å². The van der Waals surface area contributed by atoms with Gasteiger partial charge in [0.1, 0.15) is 18.1 Å². The van der Waals surface area contributed by atoms with Gasteiger partial charge in [-0.25, -0.2) is 4.79 Å². The lowest BCUT2D eigenvalue weighted by atomic mass is 10.2. The largest absolute Gasteiger partial charge is 0.486 e. The number of urea groups is 1. The van der Waals surface area contributed by atoms with Crippen LogP contribution in [0.2, 0.25) is 0 Å². The lowest BCUT2D eigenvalue weighted by molar-refractivity contribution is 0.0712. The predicted octanol–water partition coefficient (Wildman–Crippen LogP) is 3.13. The first kappa shape index (κ1) is 16.2. The monoisotopic (exact) mass is 330 g/mol. The molecule has 2 heterocycles. The van der Waals surface area contributed by atoms with Gasteiger partial charge >= 0.3 is 6.03 Å². The number of carbonyl (C=O) groups excluding carboxylic acids is 1. The van der Waals surface area contributed by atoms with Crippen LogP contribution in [0.3, 0.4) is 0 Å². The predicted molar refractivity (Wildman–Crippen MR) is 89.4 cm³/mol. The average molecular weight is 330 g/mol. The number of carbonyl (C=O) groups is 1. The molecule has 3 rings (SSSR count).